The minimum atomic E-state index is -0.177. The van der Waals surface area contributed by atoms with Crippen molar-refractivity contribution in [3.05, 3.63) is 17.8 Å². The van der Waals surface area contributed by atoms with Crippen LogP contribution in [0.2, 0.25) is 0 Å². The molecule has 6 heteroatoms. The number of hydrogen-bond acceptors (Lipinski definition) is 5. The molecule has 0 saturated carbocycles. The predicted molar refractivity (Wildman–Crippen MR) is 67.5 cm³/mol. The van der Waals surface area contributed by atoms with Crippen LogP contribution in [0, 0.1) is 0 Å². The molecule has 1 fully saturated rings. The Morgan fingerprint density at radius 1 is 1.44 bits per heavy atom. The molecule has 0 spiro atoms. The molecule has 2 rings (SSSR count). The zero-order valence-electron chi connectivity index (χ0n) is 10.6. The fourth-order valence-electron chi connectivity index (χ4n) is 1.98. The zero-order valence-corrected chi connectivity index (χ0v) is 10.6. The summed E-state index contributed by atoms with van der Waals surface area (Å²) in [6, 6.07) is 3.55. The lowest BCUT2D eigenvalue weighted by Crippen LogP contribution is -2.41. The van der Waals surface area contributed by atoms with Crippen LogP contribution in [0.5, 0.6) is 0 Å². The molecule has 0 aliphatic carbocycles. The van der Waals surface area contributed by atoms with E-state index in [9.17, 15) is 4.79 Å². The van der Waals surface area contributed by atoms with E-state index < -0.39 is 0 Å². The minimum absolute atomic E-state index is 0.159. The van der Waals surface area contributed by atoms with Gasteiger partial charge in [-0.05, 0) is 31.9 Å². The van der Waals surface area contributed by atoms with Crippen LogP contribution >= 0.6 is 0 Å². The summed E-state index contributed by atoms with van der Waals surface area (Å²) in [5.74, 6) is 0.468. The highest BCUT2D eigenvalue weighted by molar-refractivity contribution is 5.92. The second kappa shape index (κ2) is 5.77. The Morgan fingerprint density at radius 3 is 2.89 bits per heavy atom. The number of ether oxygens (including phenoxy) is 1. The van der Waals surface area contributed by atoms with Crippen LogP contribution in [-0.2, 0) is 4.74 Å². The lowest BCUT2D eigenvalue weighted by atomic mass is 10.0. The van der Waals surface area contributed by atoms with Crippen LogP contribution in [-0.4, -0.2) is 41.9 Å². The van der Waals surface area contributed by atoms with Gasteiger partial charge in [-0.15, -0.1) is 10.2 Å². The number of anilines is 1. The third-order valence-corrected chi connectivity index (χ3v) is 2.97. The average molecular weight is 250 g/mol. The third kappa shape index (κ3) is 3.16. The largest absolute Gasteiger partial charge is 0.378 e. The van der Waals surface area contributed by atoms with Crippen LogP contribution < -0.4 is 10.6 Å². The van der Waals surface area contributed by atoms with E-state index in [-0.39, 0.29) is 18.1 Å². The summed E-state index contributed by atoms with van der Waals surface area (Å²) in [5.41, 5.74) is 0.341. The fourth-order valence-corrected chi connectivity index (χ4v) is 1.98. The van der Waals surface area contributed by atoms with Crippen molar-refractivity contribution in [2.75, 3.05) is 19.0 Å². The van der Waals surface area contributed by atoms with Gasteiger partial charge in [0, 0.05) is 19.7 Å². The molecule has 1 amide bonds. The van der Waals surface area contributed by atoms with Crippen LogP contribution in [0.3, 0.4) is 0 Å². The fraction of sp³-hybridized carbons (Fsp3) is 0.583. The van der Waals surface area contributed by atoms with Crippen LogP contribution in [0.15, 0.2) is 12.1 Å². The third-order valence-electron chi connectivity index (χ3n) is 2.97. The van der Waals surface area contributed by atoms with Gasteiger partial charge < -0.3 is 15.4 Å². The van der Waals surface area contributed by atoms with Gasteiger partial charge >= 0.3 is 0 Å². The van der Waals surface area contributed by atoms with Gasteiger partial charge in [0.1, 0.15) is 5.82 Å². The van der Waals surface area contributed by atoms with Crippen molar-refractivity contribution >= 4 is 11.7 Å². The van der Waals surface area contributed by atoms with Gasteiger partial charge in [-0.1, -0.05) is 0 Å². The normalized spacial score (nSPS) is 23.4. The summed E-state index contributed by atoms with van der Waals surface area (Å²) in [6.07, 6.45) is 1.88. The molecule has 1 aliphatic heterocycles. The van der Waals surface area contributed by atoms with E-state index in [1.54, 1.807) is 19.2 Å². The molecule has 2 heterocycles. The molecule has 1 aromatic heterocycles. The molecule has 1 aromatic rings. The van der Waals surface area contributed by atoms with Crippen LogP contribution in [0.1, 0.15) is 30.3 Å². The Labute approximate surface area is 106 Å². The molecule has 2 atom stereocenters. The van der Waals surface area contributed by atoms with E-state index in [0.717, 1.165) is 12.8 Å². The molecule has 0 aromatic carbocycles. The van der Waals surface area contributed by atoms with Crippen LogP contribution in [0.25, 0.3) is 0 Å². The van der Waals surface area contributed by atoms with Gasteiger partial charge in [0.15, 0.2) is 5.69 Å². The molecule has 18 heavy (non-hydrogen) atoms. The number of amides is 1. The van der Waals surface area contributed by atoms with E-state index in [1.807, 2.05) is 6.92 Å². The molecule has 2 N–H and O–H groups in total. The Hall–Kier alpha value is -1.69. The first-order valence-corrected chi connectivity index (χ1v) is 6.13. The van der Waals surface area contributed by atoms with E-state index >= 15 is 0 Å². The summed E-state index contributed by atoms with van der Waals surface area (Å²) in [4.78, 5) is 11.9. The van der Waals surface area contributed by atoms with Gasteiger partial charge in [0.25, 0.3) is 5.91 Å². The molecule has 98 valence electrons. The van der Waals surface area contributed by atoms with Gasteiger partial charge in [0.05, 0.1) is 6.10 Å². The second-order valence-corrected chi connectivity index (χ2v) is 4.43. The first kappa shape index (κ1) is 12.8. The maximum atomic E-state index is 11.9. The Bertz CT molecular complexity index is 407. The molecule has 0 bridgehead atoms. The molecule has 0 radical (unpaired) electrons. The lowest BCUT2D eigenvalue weighted by Gasteiger charge is -2.27. The summed E-state index contributed by atoms with van der Waals surface area (Å²) in [5, 5.41) is 13.6. The summed E-state index contributed by atoms with van der Waals surface area (Å²) >= 11 is 0. The highest BCUT2D eigenvalue weighted by atomic mass is 16.5. The van der Waals surface area contributed by atoms with Gasteiger partial charge in [0.2, 0.25) is 0 Å². The molecule has 6 nitrogen and oxygen atoms in total. The Morgan fingerprint density at radius 2 is 2.28 bits per heavy atom. The smallest absolute Gasteiger partial charge is 0.272 e. The highest BCUT2D eigenvalue weighted by Gasteiger charge is 2.21. The monoisotopic (exact) mass is 250 g/mol. The first-order chi connectivity index (χ1) is 8.69. The SMILES string of the molecule is CNc1ccc(C(=O)NC2CCOC(C)C2)nn1. The highest BCUT2D eigenvalue weighted by Crippen LogP contribution is 2.13. The number of nitrogens with one attached hydrogen (secondary N) is 2. The van der Waals surface area contributed by atoms with Crippen molar-refractivity contribution in [2.45, 2.75) is 31.9 Å². The number of rotatable bonds is 3. The summed E-state index contributed by atoms with van der Waals surface area (Å²) in [6.45, 7) is 2.70. The van der Waals surface area contributed by atoms with Crippen molar-refractivity contribution < 1.29 is 9.53 Å². The van der Waals surface area contributed by atoms with Gasteiger partial charge in [-0.2, -0.15) is 0 Å². The maximum Gasteiger partial charge on any atom is 0.272 e. The quantitative estimate of drug-likeness (QED) is 0.830. The standard InChI is InChI=1S/C12H18N4O2/c1-8-7-9(5-6-18-8)14-12(17)10-3-4-11(13-2)16-15-10/h3-4,8-9H,5-7H2,1-2H3,(H,13,16)(H,14,17). The first-order valence-electron chi connectivity index (χ1n) is 6.13. The molecule has 2 unspecified atom stereocenters. The number of nitrogens with zero attached hydrogens (tertiary/aromatic N) is 2. The predicted octanol–water partition coefficient (Wildman–Crippen LogP) is 0.816. The van der Waals surface area contributed by atoms with Crippen molar-refractivity contribution in [3.63, 3.8) is 0 Å². The van der Waals surface area contributed by atoms with Crippen molar-refractivity contribution in [2.24, 2.45) is 0 Å². The summed E-state index contributed by atoms with van der Waals surface area (Å²) < 4.78 is 5.44. The van der Waals surface area contributed by atoms with Gasteiger partial charge in [-0.3, -0.25) is 4.79 Å². The van der Waals surface area contributed by atoms with Gasteiger partial charge in [-0.25, -0.2) is 0 Å². The average Bonchev–Trinajstić information content (AvgIpc) is 2.39. The number of carbonyl (C=O) groups is 1. The van der Waals surface area contributed by atoms with E-state index in [0.29, 0.717) is 18.1 Å². The summed E-state index contributed by atoms with van der Waals surface area (Å²) in [7, 11) is 1.76. The van der Waals surface area contributed by atoms with E-state index in [2.05, 4.69) is 20.8 Å². The molecule has 1 saturated heterocycles. The molecule has 1 aliphatic rings. The maximum absolute atomic E-state index is 11.9. The number of aromatic nitrogens is 2. The van der Waals surface area contributed by atoms with Crippen molar-refractivity contribution in [1.82, 2.24) is 15.5 Å². The molecular formula is C12H18N4O2. The van der Waals surface area contributed by atoms with Crippen molar-refractivity contribution in [3.8, 4) is 0 Å². The van der Waals surface area contributed by atoms with E-state index in [4.69, 9.17) is 4.74 Å². The zero-order chi connectivity index (χ0) is 13.0. The lowest BCUT2D eigenvalue weighted by molar-refractivity contribution is 0.0136. The Balaban J connectivity index is 1.94. The van der Waals surface area contributed by atoms with E-state index in [1.165, 1.54) is 0 Å². The topological polar surface area (TPSA) is 76.1 Å². The minimum Gasteiger partial charge on any atom is -0.378 e. The molecular weight excluding hydrogens is 232 g/mol. The number of hydrogen-bond donors (Lipinski definition) is 2. The second-order valence-electron chi connectivity index (χ2n) is 4.43. The van der Waals surface area contributed by atoms with Crippen molar-refractivity contribution in [1.29, 1.82) is 0 Å². The Kier molecular flexibility index (Phi) is 4.09. The number of carbonyl (C=O) groups excluding carboxylic acids is 1. The van der Waals surface area contributed by atoms with Crippen LogP contribution in [0.4, 0.5) is 5.82 Å².